The highest BCUT2D eigenvalue weighted by molar-refractivity contribution is 8.00. The zero-order chi connectivity index (χ0) is 17.1. The lowest BCUT2D eigenvalue weighted by Crippen LogP contribution is -2.48. The molecule has 0 bridgehead atoms. The molecule has 0 aromatic heterocycles. The molecule has 1 aliphatic rings. The van der Waals surface area contributed by atoms with Crippen LogP contribution in [-0.2, 0) is 4.79 Å². The molecule has 6 heteroatoms. The van der Waals surface area contributed by atoms with Crippen molar-refractivity contribution in [1.29, 1.82) is 0 Å². The summed E-state index contributed by atoms with van der Waals surface area (Å²) in [5.41, 5.74) is 2.19. The maximum absolute atomic E-state index is 12.8. The molecule has 126 valence electrons. The molecule has 2 rings (SSSR count). The molecule has 0 radical (unpaired) electrons. The number of ether oxygens (including phenoxy) is 1. The summed E-state index contributed by atoms with van der Waals surface area (Å²) in [4.78, 5) is 25.4. The van der Waals surface area contributed by atoms with Gasteiger partial charge in [-0.15, -0.1) is 0 Å². The van der Waals surface area contributed by atoms with E-state index in [1.165, 1.54) is 0 Å². The van der Waals surface area contributed by atoms with Gasteiger partial charge in [0, 0.05) is 29.2 Å². The predicted molar refractivity (Wildman–Crippen MR) is 91.5 cm³/mol. The van der Waals surface area contributed by atoms with E-state index in [9.17, 15) is 9.59 Å². The molecule has 1 aliphatic heterocycles. The van der Waals surface area contributed by atoms with Crippen LogP contribution in [-0.4, -0.2) is 52.1 Å². The van der Waals surface area contributed by atoms with Gasteiger partial charge in [-0.05, 0) is 44.0 Å². The molecule has 1 saturated heterocycles. The number of benzene rings is 1. The second-order valence-corrected chi connectivity index (χ2v) is 7.42. The molecule has 0 saturated carbocycles. The van der Waals surface area contributed by atoms with Crippen LogP contribution in [0.5, 0.6) is 5.75 Å². The van der Waals surface area contributed by atoms with Crippen molar-refractivity contribution in [2.24, 2.45) is 0 Å². The minimum atomic E-state index is -1.02. The van der Waals surface area contributed by atoms with Gasteiger partial charge in [0.2, 0.25) is 0 Å². The van der Waals surface area contributed by atoms with Crippen LogP contribution in [0.4, 0.5) is 0 Å². The molecule has 1 heterocycles. The number of carbonyl (C=O) groups is 2. The lowest BCUT2D eigenvalue weighted by Gasteiger charge is -2.37. The first-order valence-electron chi connectivity index (χ1n) is 7.69. The van der Waals surface area contributed by atoms with E-state index >= 15 is 0 Å². The molecule has 0 spiro atoms. The largest absolute Gasteiger partial charge is 0.481 e. The molecule has 1 aromatic carbocycles. The first-order valence-corrected chi connectivity index (χ1v) is 8.74. The summed E-state index contributed by atoms with van der Waals surface area (Å²) in [6, 6.07) is 3.77. The summed E-state index contributed by atoms with van der Waals surface area (Å²) < 4.78 is 5.32. The number of nitrogens with zero attached hydrogens (tertiary/aromatic N) is 1. The van der Waals surface area contributed by atoms with E-state index < -0.39 is 5.97 Å². The Morgan fingerprint density at radius 1 is 1.30 bits per heavy atom. The van der Waals surface area contributed by atoms with Gasteiger partial charge in [-0.2, -0.15) is 11.8 Å². The number of rotatable bonds is 4. The maximum atomic E-state index is 12.8. The van der Waals surface area contributed by atoms with Crippen LogP contribution >= 0.6 is 11.8 Å². The van der Waals surface area contributed by atoms with Crippen molar-refractivity contribution < 1.29 is 19.4 Å². The zero-order valence-corrected chi connectivity index (χ0v) is 14.8. The molecule has 2 atom stereocenters. The number of thioether (sulfide) groups is 1. The first kappa shape index (κ1) is 17.7. The minimum absolute atomic E-state index is 0.0284. The van der Waals surface area contributed by atoms with E-state index in [0.29, 0.717) is 16.6 Å². The van der Waals surface area contributed by atoms with Crippen LogP contribution in [0, 0.1) is 13.8 Å². The van der Waals surface area contributed by atoms with Crippen molar-refractivity contribution in [2.75, 3.05) is 18.9 Å². The predicted octanol–water partition coefficient (Wildman–Crippen LogP) is 2.73. The number of hydrogen-bond donors (Lipinski definition) is 1. The first-order chi connectivity index (χ1) is 10.8. The third kappa shape index (κ3) is 3.99. The summed E-state index contributed by atoms with van der Waals surface area (Å²) in [6.07, 6.45) is 0. The topological polar surface area (TPSA) is 66.8 Å². The summed E-state index contributed by atoms with van der Waals surface area (Å²) >= 11 is 1.89. The zero-order valence-electron chi connectivity index (χ0n) is 14.0. The van der Waals surface area contributed by atoms with Gasteiger partial charge in [-0.3, -0.25) is 4.79 Å². The SMILES string of the molecule is Cc1cc(C(=O)N2CCSC(C)C2C)cc(C)c1OCC(=O)O. The fraction of sp³-hybridized carbons (Fsp3) is 0.529. The number of carboxylic acid groups (broad SMARTS) is 1. The van der Waals surface area contributed by atoms with Crippen molar-refractivity contribution in [2.45, 2.75) is 39.0 Å². The second kappa shape index (κ2) is 7.25. The Morgan fingerprint density at radius 3 is 2.48 bits per heavy atom. The highest BCUT2D eigenvalue weighted by Crippen LogP contribution is 2.29. The van der Waals surface area contributed by atoms with Crippen LogP contribution in [0.3, 0.4) is 0 Å². The van der Waals surface area contributed by atoms with Crippen LogP contribution in [0.1, 0.15) is 35.3 Å². The normalized spacial score (nSPS) is 21.1. The highest BCUT2D eigenvalue weighted by atomic mass is 32.2. The average molecular weight is 337 g/mol. The smallest absolute Gasteiger partial charge is 0.341 e. The number of carbonyl (C=O) groups excluding carboxylic acids is 1. The van der Waals surface area contributed by atoms with Gasteiger partial charge in [-0.1, -0.05) is 6.92 Å². The molecule has 1 amide bonds. The lowest BCUT2D eigenvalue weighted by atomic mass is 10.0. The Morgan fingerprint density at radius 2 is 1.91 bits per heavy atom. The molecule has 1 aromatic rings. The van der Waals surface area contributed by atoms with Gasteiger partial charge in [0.05, 0.1) is 0 Å². The minimum Gasteiger partial charge on any atom is -0.481 e. The summed E-state index contributed by atoms with van der Waals surface area (Å²) in [5.74, 6) is 0.507. The fourth-order valence-electron chi connectivity index (χ4n) is 2.82. The van der Waals surface area contributed by atoms with Crippen molar-refractivity contribution in [3.05, 3.63) is 28.8 Å². The second-order valence-electron chi connectivity index (χ2n) is 5.94. The average Bonchev–Trinajstić information content (AvgIpc) is 2.48. The van der Waals surface area contributed by atoms with Gasteiger partial charge in [0.15, 0.2) is 6.61 Å². The van der Waals surface area contributed by atoms with Crippen molar-refractivity contribution in [1.82, 2.24) is 4.90 Å². The molecule has 23 heavy (non-hydrogen) atoms. The van der Waals surface area contributed by atoms with Crippen molar-refractivity contribution in [3.8, 4) is 5.75 Å². The van der Waals surface area contributed by atoms with Crippen LogP contribution in [0.15, 0.2) is 12.1 Å². The molecular formula is C17H23NO4S. The highest BCUT2D eigenvalue weighted by Gasteiger charge is 2.29. The lowest BCUT2D eigenvalue weighted by molar-refractivity contribution is -0.139. The monoisotopic (exact) mass is 337 g/mol. The number of aliphatic carboxylic acids is 1. The Hall–Kier alpha value is -1.69. The van der Waals surface area contributed by atoms with Crippen LogP contribution < -0.4 is 4.74 Å². The summed E-state index contributed by atoms with van der Waals surface area (Å²) in [7, 11) is 0. The van der Waals surface area contributed by atoms with E-state index in [0.717, 1.165) is 23.4 Å². The summed E-state index contributed by atoms with van der Waals surface area (Å²) in [5, 5.41) is 9.16. The number of carboxylic acids is 1. The van der Waals surface area contributed by atoms with Crippen molar-refractivity contribution >= 4 is 23.6 Å². The van der Waals surface area contributed by atoms with E-state index in [2.05, 4.69) is 13.8 Å². The standard InChI is InChI=1S/C17H23NO4S/c1-10-7-14(8-11(2)16(10)22-9-15(19)20)17(21)18-5-6-23-13(4)12(18)3/h7-8,12-13H,5-6,9H2,1-4H3,(H,19,20). The van der Waals surface area contributed by atoms with Gasteiger partial charge in [-0.25, -0.2) is 4.79 Å². The van der Waals surface area contributed by atoms with Gasteiger partial charge in [0.1, 0.15) is 5.75 Å². The van der Waals surface area contributed by atoms with Gasteiger partial charge >= 0.3 is 5.97 Å². The Bertz CT molecular complexity index is 594. The fourth-order valence-corrected chi connectivity index (χ4v) is 3.92. The Kier molecular flexibility index (Phi) is 5.57. The third-order valence-corrected chi connectivity index (χ3v) is 5.53. The molecule has 5 nitrogen and oxygen atoms in total. The number of amides is 1. The molecule has 1 N–H and O–H groups in total. The van der Waals surface area contributed by atoms with Gasteiger partial charge < -0.3 is 14.7 Å². The Balaban J connectivity index is 2.23. The third-order valence-electron chi connectivity index (χ3n) is 4.19. The number of aryl methyl sites for hydroxylation is 2. The Labute approximate surface area is 141 Å². The summed E-state index contributed by atoms with van der Waals surface area (Å²) in [6.45, 7) is 8.27. The molecule has 1 fully saturated rings. The molecule has 2 unspecified atom stereocenters. The van der Waals surface area contributed by atoms with Crippen LogP contribution in [0.25, 0.3) is 0 Å². The van der Waals surface area contributed by atoms with Crippen molar-refractivity contribution in [3.63, 3.8) is 0 Å². The maximum Gasteiger partial charge on any atom is 0.341 e. The quantitative estimate of drug-likeness (QED) is 0.915. The molecular weight excluding hydrogens is 314 g/mol. The van der Waals surface area contributed by atoms with E-state index in [4.69, 9.17) is 9.84 Å². The van der Waals surface area contributed by atoms with E-state index in [1.54, 1.807) is 12.1 Å². The molecule has 0 aliphatic carbocycles. The van der Waals surface area contributed by atoms with E-state index in [-0.39, 0.29) is 18.6 Å². The van der Waals surface area contributed by atoms with Crippen LogP contribution in [0.2, 0.25) is 0 Å². The van der Waals surface area contributed by atoms with E-state index in [1.807, 2.05) is 30.5 Å². The number of hydrogen-bond acceptors (Lipinski definition) is 4. The van der Waals surface area contributed by atoms with Gasteiger partial charge in [0.25, 0.3) is 5.91 Å².